The molecule has 17 heavy (non-hydrogen) atoms. The van der Waals surface area contributed by atoms with Crippen LogP contribution >= 0.6 is 23.8 Å². The zero-order valence-corrected chi connectivity index (χ0v) is 11.2. The van der Waals surface area contributed by atoms with Crippen LogP contribution in [0.25, 0.3) is 0 Å². The number of nitrogens with one attached hydrogen (secondary N) is 1. The molecule has 0 heterocycles. The minimum absolute atomic E-state index is 0.0728. The van der Waals surface area contributed by atoms with Crippen molar-refractivity contribution in [2.45, 2.75) is 19.9 Å². The molecule has 0 aliphatic rings. The first-order valence-corrected chi connectivity index (χ1v) is 5.94. The lowest BCUT2D eigenvalue weighted by atomic mass is 10.1. The fourth-order valence-corrected chi connectivity index (χ4v) is 1.62. The van der Waals surface area contributed by atoms with Crippen molar-refractivity contribution in [3.8, 4) is 0 Å². The molecule has 1 atom stereocenters. The lowest BCUT2D eigenvalue weighted by molar-refractivity contribution is -0.119. The molecule has 1 N–H and O–H groups in total. The van der Waals surface area contributed by atoms with E-state index in [-0.39, 0.29) is 11.9 Å². The van der Waals surface area contributed by atoms with Gasteiger partial charge in [0.05, 0.1) is 16.8 Å². The Kier molecular flexibility index (Phi) is 5.25. The molecule has 1 aromatic rings. The summed E-state index contributed by atoms with van der Waals surface area (Å²) in [5.74, 6) is -0.0728. The molecule has 0 spiro atoms. The predicted molar refractivity (Wildman–Crippen MR) is 75.5 cm³/mol. The third-order valence-electron chi connectivity index (χ3n) is 2.16. The van der Waals surface area contributed by atoms with Gasteiger partial charge < -0.3 is 5.32 Å². The zero-order chi connectivity index (χ0) is 12.8. The van der Waals surface area contributed by atoms with E-state index in [1.807, 2.05) is 19.1 Å². The Morgan fingerprint density at radius 2 is 2.29 bits per heavy atom. The molecule has 0 saturated carbocycles. The predicted octanol–water partition coefficient (Wildman–Crippen LogP) is 3.24. The van der Waals surface area contributed by atoms with E-state index in [1.165, 1.54) is 18.5 Å². The summed E-state index contributed by atoms with van der Waals surface area (Å²) in [5.41, 5.74) is 1.59. The molecule has 0 aliphatic carbocycles. The molecule has 1 unspecified atom stereocenters. The van der Waals surface area contributed by atoms with E-state index in [9.17, 15) is 4.79 Å². The van der Waals surface area contributed by atoms with Gasteiger partial charge >= 0.3 is 0 Å². The standard InChI is InChI=1S/C12H13ClN2OS/c1-8(15-9(2)16)10-3-4-11(13)12(7-10)14-5-6-17/h3-8H,1-2H3,(H,15,16). The van der Waals surface area contributed by atoms with Gasteiger partial charge in [-0.05, 0) is 24.6 Å². The lowest BCUT2D eigenvalue weighted by Gasteiger charge is -2.13. The summed E-state index contributed by atoms with van der Waals surface area (Å²) in [6.07, 6.45) is 1.50. The summed E-state index contributed by atoms with van der Waals surface area (Å²) in [7, 11) is 0. The van der Waals surface area contributed by atoms with Crippen molar-refractivity contribution in [1.29, 1.82) is 0 Å². The molecule has 1 aromatic carbocycles. The number of amides is 1. The van der Waals surface area contributed by atoms with Crippen LogP contribution in [0.1, 0.15) is 25.5 Å². The molecule has 0 saturated heterocycles. The summed E-state index contributed by atoms with van der Waals surface area (Å²) in [5, 5.41) is 4.77. The Balaban J connectivity index is 2.98. The van der Waals surface area contributed by atoms with Crippen molar-refractivity contribution in [3.05, 3.63) is 28.8 Å². The van der Waals surface area contributed by atoms with Crippen LogP contribution in [0.5, 0.6) is 0 Å². The van der Waals surface area contributed by atoms with Gasteiger partial charge in [0.15, 0.2) is 0 Å². The second-order valence-corrected chi connectivity index (χ2v) is 4.23. The van der Waals surface area contributed by atoms with Gasteiger partial charge in [0.1, 0.15) is 0 Å². The van der Waals surface area contributed by atoms with Gasteiger partial charge in [0, 0.05) is 18.5 Å². The highest BCUT2D eigenvalue weighted by Gasteiger charge is 2.08. The SMILES string of the molecule is CC(=O)NC(C)c1ccc(Cl)c(N=CC=S)c1. The van der Waals surface area contributed by atoms with E-state index >= 15 is 0 Å². The molecule has 0 radical (unpaired) electrons. The molecule has 1 rings (SSSR count). The highest BCUT2D eigenvalue weighted by atomic mass is 35.5. The maximum absolute atomic E-state index is 11.0. The van der Waals surface area contributed by atoms with Gasteiger partial charge in [0.25, 0.3) is 0 Å². The lowest BCUT2D eigenvalue weighted by Crippen LogP contribution is -2.23. The number of hydrogen-bond acceptors (Lipinski definition) is 3. The second kappa shape index (κ2) is 6.47. The third kappa shape index (κ3) is 4.24. The quantitative estimate of drug-likeness (QED) is 0.673. The highest BCUT2D eigenvalue weighted by molar-refractivity contribution is 7.80. The fraction of sp³-hybridized carbons (Fsp3) is 0.250. The molecule has 5 heteroatoms. The molecule has 3 nitrogen and oxygen atoms in total. The number of aliphatic imine (C=N–C) groups is 1. The van der Waals surface area contributed by atoms with Crippen molar-refractivity contribution in [3.63, 3.8) is 0 Å². The molecule has 0 aromatic heterocycles. The number of nitrogens with zero attached hydrogens (tertiary/aromatic N) is 1. The van der Waals surface area contributed by atoms with Crippen LogP contribution in [0.4, 0.5) is 5.69 Å². The average molecular weight is 269 g/mol. The Bertz CT molecular complexity index is 460. The molecule has 90 valence electrons. The van der Waals surface area contributed by atoms with Gasteiger partial charge in [0.2, 0.25) is 5.91 Å². The van der Waals surface area contributed by atoms with E-state index in [1.54, 1.807) is 6.07 Å². The van der Waals surface area contributed by atoms with Gasteiger partial charge in [-0.25, -0.2) is 0 Å². The first kappa shape index (κ1) is 13.8. The summed E-state index contributed by atoms with van der Waals surface area (Å²) in [6.45, 7) is 3.38. The first-order chi connectivity index (χ1) is 8.04. The van der Waals surface area contributed by atoms with Crippen molar-refractivity contribution in [2.24, 2.45) is 4.99 Å². The maximum atomic E-state index is 11.0. The number of halogens is 1. The number of rotatable bonds is 4. The van der Waals surface area contributed by atoms with Crippen molar-refractivity contribution < 1.29 is 4.79 Å². The number of carbonyl (C=O) groups is 1. The molecule has 1 amide bonds. The minimum Gasteiger partial charge on any atom is -0.350 e. The summed E-state index contributed by atoms with van der Waals surface area (Å²) < 4.78 is 0. The third-order valence-corrected chi connectivity index (χ3v) is 2.61. The Hall–Kier alpha value is -1.26. The number of thiocarbonyl (C=S) groups is 1. The van der Waals surface area contributed by atoms with Gasteiger partial charge in [-0.1, -0.05) is 29.9 Å². The summed E-state index contributed by atoms with van der Waals surface area (Å²) in [6, 6.07) is 5.37. The van der Waals surface area contributed by atoms with E-state index < -0.39 is 0 Å². The number of benzene rings is 1. The van der Waals surface area contributed by atoms with Crippen molar-refractivity contribution in [2.75, 3.05) is 0 Å². The van der Waals surface area contributed by atoms with Crippen LogP contribution in [-0.4, -0.2) is 17.5 Å². The molecular formula is C12H13ClN2OS. The van der Waals surface area contributed by atoms with Gasteiger partial charge in [-0.3, -0.25) is 9.79 Å². The average Bonchev–Trinajstić information content (AvgIpc) is 2.27. The van der Waals surface area contributed by atoms with Gasteiger partial charge in [-0.15, -0.1) is 0 Å². The maximum Gasteiger partial charge on any atom is 0.217 e. The highest BCUT2D eigenvalue weighted by Crippen LogP contribution is 2.28. The summed E-state index contributed by atoms with van der Waals surface area (Å²) >= 11 is 10.7. The first-order valence-electron chi connectivity index (χ1n) is 5.09. The van der Waals surface area contributed by atoms with E-state index in [0.717, 1.165) is 5.56 Å². The number of hydrogen-bond donors (Lipinski definition) is 1. The summed E-state index contributed by atoms with van der Waals surface area (Å²) in [4.78, 5) is 15.1. The van der Waals surface area contributed by atoms with E-state index in [4.69, 9.17) is 11.6 Å². The topological polar surface area (TPSA) is 41.5 Å². The Morgan fingerprint density at radius 3 is 2.88 bits per heavy atom. The van der Waals surface area contributed by atoms with Crippen molar-refractivity contribution in [1.82, 2.24) is 5.32 Å². The molecule has 0 aliphatic heterocycles. The van der Waals surface area contributed by atoms with Crippen molar-refractivity contribution >= 4 is 47.0 Å². The zero-order valence-electron chi connectivity index (χ0n) is 9.61. The second-order valence-electron chi connectivity index (χ2n) is 3.55. The van der Waals surface area contributed by atoms with Crippen LogP contribution in [0.3, 0.4) is 0 Å². The smallest absolute Gasteiger partial charge is 0.217 e. The minimum atomic E-state index is -0.0776. The van der Waals surface area contributed by atoms with Crippen LogP contribution < -0.4 is 5.32 Å². The monoisotopic (exact) mass is 268 g/mol. The molecule has 0 bridgehead atoms. The van der Waals surface area contributed by atoms with Crippen LogP contribution in [0.15, 0.2) is 23.2 Å². The molecule has 0 fully saturated rings. The van der Waals surface area contributed by atoms with E-state index in [0.29, 0.717) is 10.7 Å². The Morgan fingerprint density at radius 1 is 1.59 bits per heavy atom. The Labute approximate surface area is 111 Å². The van der Waals surface area contributed by atoms with Crippen LogP contribution in [0, 0.1) is 0 Å². The number of carbonyl (C=O) groups excluding carboxylic acids is 1. The van der Waals surface area contributed by atoms with Crippen LogP contribution in [0.2, 0.25) is 5.02 Å². The largest absolute Gasteiger partial charge is 0.350 e. The normalized spacial score (nSPS) is 12.4. The van der Waals surface area contributed by atoms with E-state index in [2.05, 4.69) is 22.5 Å². The van der Waals surface area contributed by atoms with Gasteiger partial charge in [-0.2, -0.15) is 0 Å². The fourth-order valence-electron chi connectivity index (χ4n) is 1.40. The van der Waals surface area contributed by atoms with Crippen LogP contribution in [-0.2, 0) is 4.79 Å². The molecular weight excluding hydrogens is 256 g/mol.